The lowest BCUT2D eigenvalue weighted by Crippen LogP contribution is -2.21. The van der Waals surface area contributed by atoms with Crippen molar-refractivity contribution in [2.75, 3.05) is 0 Å². The highest BCUT2D eigenvalue weighted by atomic mass is 32.1. The van der Waals surface area contributed by atoms with Gasteiger partial charge in [0.2, 0.25) is 5.43 Å². The maximum atomic E-state index is 11.8. The minimum absolute atomic E-state index is 0.0174. The van der Waals surface area contributed by atoms with Gasteiger partial charge in [0.1, 0.15) is 5.56 Å². The molecule has 0 saturated carbocycles. The monoisotopic (exact) mass is 222 g/mol. The van der Waals surface area contributed by atoms with Gasteiger partial charge in [-0.1, -0.05) is 0 Å². The molecule has 0 aromatic carbocycles. The fraction of sp³-hybridized carbons (Fsp3) is 0.200. The van der Waals surface area contributed by atoms with Crippen LogP contribution in [0.4, 0.5) is 0 Å². The van der Waals surface area contributed by atoms with E-state index in [-0.39, 0.29) is 11.0 Å². The highest BCUT2D eigenvalue weighted by Gasteiger charge is 2.13. The summed E-state index contributed by atoms with van der Waals surface area (Å²) < 4.78 is 0.571. The quantitative estimate of drug-likeness (QED) is 0.763. The molecule has 0 radical (unpaired) electrons. The van der Waals surface area contributed by atoms with Crippen LogP contribution in [-0.4, -0.2) is 10.9 Å². The summed E-state index contributed by atoms with van der Waals surface area (Å²) in [4.78, 5) is 26.8. The van der Waals surface area contributed by atoms with Gasteiger partial charge in [0.15, 0.2) is 0 Å². The van der Waals surface area contributed by atoms with Crippen LogP contribution >= 0.6 is 11.3 Å². The van der Waals surface area contributed by atoms with Crippen molar-refractivity contribution in [1.29, 1.82) is 0 Å². The van der Waals surface area contributed by atoms with Crippen LogP contribution in [0, 0.1) is 13.8 Å². The lowest BCUT2D eigenvalue weighted by molar-refractivity contribution is 0.0999. The second-order valence-corrected chi connectivity index (χ2v) is 4.61. The van der Waals surface area contributed by atoms with Crippen molar-refractivity contribution in [2.24, 2.45) is 5.73 Å². The van der Waals surface area contributed by atoms with Crippen molar-refractivity contribution >= 4 is 27.5 Å². The molecule has 0 bridgehead atoms. The van der Waals surface area contributed by atoms with Crippen LogP contribution in [0.1, 0.15) is 20.8 Å². The Morgan fingerprint density at radius 3 is 2.73 bits per heavy atom. The number of fused-ring (bicyclic) bond motifs is 1. The van der Waals surface area contributed by atoms with E-state index in [1.807, 2.05) is 13.8 Å². The Morgan fingerprint density at radius 1 is 1.47 bits per heavy atom. The first kappa shape index (κ1) is 9.92. The average Bonchev–Trinajstić information content (AvgIpc) is 2.45. The van der Waals surface area contributed by atoms with Crippen molar-refractivity contribution in [2.45, 2.75) is 13.8 Å². The SMILES string of the molecule is Cc1sc2c(=O)c(C(N)=O)c[nH]c2c1C. The van der Waals surface area contributed by atoms with E-state index in [2.05, 4.69) is 4.98 Å². The van der Waals surface area contributed by atoms with Crippen LogP contribution in [0.15, 0.2) is 11.0 Å². The molecule has 0 saturated heterocycles. The van der Waals surface area contributed by atoms with Crippen molar-refractivity contribution < 1.29 is 4.79 Å². The van der Waals surface area contributed by atoms with Crippen LogP contribution in [-0.2, 0) is 0 Å². The summed E-state index contributed by atoms with van der Waals surface area (Å²) in [5.74, 6) is -0.693. The summed E-state index contributed by atoms with van der Waals surface area (Å²) in [6.07, 6.45) is 1.38. The highest BCUT2D eigenvalue weighted by Crippen LogP contribution is 2.25. The summed E-state index contributed by atoms with van der Waals surface area (Å²) in [5.41, 5.74) is 6.68. The first-order valence-corrected chi connectivity index (χ1v) is 5.25. The second-order valence-electron chi connectivity index (χ2n) is 3.38. The van der Waals surface area contributed by atoms with Gasteiger partial charge in [-0.2, -0.15) is 0 Å². The number of nitrogens with two attached hydrogens (primary N) is 1. The number of nitrogens with one attached hydrogen (secondary N) is 1. The molecule has 78 valence electrons. The number of carbonyl (C=O) groups is 1. The van der Waals surface area contributed by atoms with Crippen LogP contribution < -0.4 is 11.2 Å². The number of pyridine rings is 1. The van der Waals surface area contributed by atoms with Gasteiger partial charge in [0, 0.05) is 11.1 Å². The predicted octanol–water partition coefficient (Wildman–Crippen LogP) is 1.31. The number of aromatic amines is 1. The molecule has 0 aliphatic rings. The number of rotatable bonds is 1. The second kappa shape index (κ2) is 3.20. The number of primary amides is 1. The highest BCUT2D eigenvalue weighted by molar-refractivity contribution is 7.19. The molecule has 2 heterocycles. The molecular weight excluding hydrogens is 212 g/mol. The Bertz CT molecular complexity index is 610. The largest absolute Gasteiger partial charge is 0.365 e. The first-order valence-electron chi connectivity index (χ1n) is 4.43. The number of aryl methyl sites for hydroxylation is 2. The third-order valence-corrected chi connectivity index (χ3v) is 3.67. The zero-order valence-electron chi connectivity index (χ0n) is 8.38. The molecule has 3 N–H and O–H groups in total. The molecule has 2 aromatic rings. The fourth-order valence-electron chi connectivity index (χ4n) is 1.48. The number of hydrogen-bond donors (Lipinski definition) is 2. The van der Waals surface area contributed by atoms with Gasteiger partial charge in [-0.15, -0.1) is 11.3 Å². The van der Waals surface area contributed by atoms with Crippen LogP contribution in [0.3, 0.4) is 0 Å². The maximum Gasteiger partial charge on any atom is 0.254 e. The maximum absolute atomic E-state index is 11.8. The number of aromatic nitrogens is 1. The van der Waals surface area contributed by atoms with Crippen LogP contribution in [0.2, 0.25) is 0 Å². The Balaban J connectivity index is 2.92. The minimum atomic E-state index is -0.693. The third-order valence-electron chi connectivity index (χ3n) is 2.46. The van der Waals surface area contributed by atoms with E-state index in [0.717, 1.165) is 16.0 Å². The van der Waals surface area contributed by atoms with Gasteiger partial charge in [-0.25, -0.2) is 0 Å². The van der Waals surface area contributed by atoms with Crippen LogP contribution in [0.25, 0.3) is 10.2 Å². The molecule has 0 aliphatic carbocycles. The Morgan fingerprint density at radius 2 is 2.13 bits per heavy atom. The molecule has 4 nitrogen and oxygen atoms in total. The van der Waals surface area contributed by atoms with E-state index < -0.39 is 5.91 Å². The Hall–Kier alpha value is -1.62. The van der Waals surface area contributed by atoms with Crippen molar-refractivity contribution in [3.05, 3.63) is 32.4 Å². The number of H-pyrrole nitrogens is 1. The number of amides is 1. The van der Waals surface area contributed by atoms with Gasteiger partial charge in [0.25, 0.3) is 5.91 Å². The molecule has 15 heavy (non-hydrogen) atoms. The first-order chi connectivity index (χ1) is 7.02. The van der Waals surface area contributed by atoms with E-state index in [0.29, 0.717) is 4.70 Å². The molecule has 5 heteroatoms. The summed E-state index contributed by atoms with van der Waals surface area (Å²) in [6.45, 7) is 3.88. The molecule has 2 aromatic heterocycles. The lowest BCUT2D eigenvalue weighted by atomic mass is 10.2. The number of carbonyl (C=O) groups excluding carboxylic acids is 1. The summed E-state index contributed by atoms with van der Waals surface area (Å²) >= 11 is 1.39. The van der Waals surface area contributed by atoms with Crippen LogP contribution in [0.5, 0.6) is 0 Å². The van der Waals surface area contributed by atoms with Crippen molar-refractivity contribution in [3.8, 4) is 0 Å². The topological polar surface area (TPSA) is 76.0 Å². The van der Waals surface area contributed by atoms with Gasteiger partial charge in [0.05, 0.1) is 10.2 Å². The van der Waals surface area contributed by atoms with Gasteiger partial charge < -0.3 is 10.7 Å². The van der Waals surface area contributed by atoms with E-state index in [9.17, 15) is 9.59 Å². The van der Waals surface area contributed by atoms with E-state index >= 15 is 0 Å². The number of thiophene rings is 1. The summed E-state index contributed by atoms with van der Waals surface area (Å²) in [6, 6.07) is 0. The zero-order valence-corrected chi connectivity index (χ0v) is 9.20. The Kier molecular flexibility index (Phi) is 2.12. The molecule has 0 atom stereocenters. The lowest BCUT2D eigenvalue weighted by Gasteiger charge is -1.95. The fourth-order valence-corrected chi connectivity index (χ4v) is 2.55. The summed E-state index contributed by atoms with van der Waals surface area (Å²) in [5, 5.41) is 0. The molecule has 1 amide bonds. The molecule has 0 aliphatic heterocycles. The third kappa shape index (κ3) is 1.35. The van der Waals surface area contributed by atoms with Gasteiger partial charge in [-0.3, -0.25) is 9.59 Å². The van der Waals surface area contributed by atoms with Crippen molar-refractivity contribution in [1.82, 2.24) is 4.98 Å². The molecule has 0 fully saturated rings. The smallest absolute Gasteiger partial charge is 0.254 e. The zero-order chi connectivity index (χ0) is 11.2. The normalized spacial score (nSPS) is 10.8. The van der Waals surface area contributed by atoms with Gasteiger partial charge >= 0.3 is 0 Å². The van der Waals surface area contributed by atoms with Gasteiger partial charge in [-0.05, 0) is 19.4 Å². The molecule has 0 unspecified atom stereocenters. The predicted molar refractivity (Wildman–Crippen MR) is 60.4 cm³/mol. The summed E-state index contributed by atoms with van der Waals surface area (Å²) in [7, 11) is 0. The minimum Gasteiger partial charge on any atom is -0.365 e. The van der Waals surface area contributed by atoms with E-state index in [4.69, 9.17) is 5.73 Å². The van der Waals surface area contributed by atoms with E-state index in [1.165, 1.54) is 17.5 Å². The molecule has 2 rings (SSSR count). The molecule has 0 spiro atoms. The average molecular weight is 222 g/mol. The standard InChI is InChI=1S/C10H10N2O2S/c1-4-5(2)15-9-7(4)12-3-6(8(9)13)10(11)14/h3H,1-2H3,(H2,11,14)(H,12,13). The number of hydrogen-bond acceptors (Lipinski definition) is 3. The molecular formula is C10H10N2O2S. The van der Waals surface area contributed by atoms with E-state index in [1.54, 1.807) is 0 Å². The van der Waals surface area contributed by atoms with Crippen molar-refractivity contribution in [3.63, 3.8) is 0 Å². The Labute approximate surface area is 89.7 Å².